The molecule has 2 N–H and O–H groups in total. The number of benzene rings is 1. The molecule has 0 unspecified atom stereocenters. The topological polar surface area (TPSA) is 66.0 Å². The van der Waals surface area contributed by atoms with Gasteiger partial charge >= 0.3 is 0 Å². The minimum absolute atomic E-state index is 0.196. The predicted molar refractivity (Wildman–Crippen MR) is 162 cm³/mol. The Morgan fingerprint density at radius 3 is 1.18 bits per heavy atom. The number of rotatable bonds is 18. The minimum atomic E-state index is -0.196. The molecule has 3 aromatic rings. The van der Waals surface area contributed by atoms with Crippen LogP contribution in [0.2, 0.25) is 0 Å². The number of amides is 2. The van der Waals surface area contributed by atoms with Gasteiger partial charge < -0.3 is 10.6 Å². The van der Waals surface area contributed by atoms with Crippen LogP contribution >= 0.6 is 0 Å². The van der Waals surface area contributed by atoms with Crippen LogP contribution in [-0.4, -0.2) is 11.8 Å². The van der Waals surface area contributed by atoms with E-state index in [9.17, 15) is 9.59 Å². The Hall–Kier alpha value is -3.54. The van der Waals surface area contributed by atoms with E-state index in [0.29, 0.717) is 11.1 Å². The zero-order chi connectivity index (χ0) is 28.4. The highest BCUT2D eigenvalue weighted by molar-refractivity contribution is 6.07. The lowest BCUT2D eigenvalue weighted by Gasteiger charge is -2.07. The van der Waals surface area contributed by atoms with Crippen molar-refractivity contribution in [2.45, 2.75) is 104 Å². The number of anilines is 2. The van der Waals surface area contributed by atoms with E-state index >= 15 is 0 Å². The van der Waals surface area contributed by atoms with Crippen molar-refractivity contribution in [3.05, 3.63) is 84.4 Å². The lowest BCUT2D eigenvalue weighted by Crippen LogP contribution is -2.32. The van der Waals surface area contributed by atoms with Gasteiger partial charge in [0.2, 0.25) is 0 Å². The summed E-state index contributed by atoms with van der Waals surface area (Å²) in [6.07, 6.45) is 23.3. The summed E-state index contributed by atoms with van der Waals surface area (Å²) in [6, 6.07) is 14.4. The van der Waals surface area contributed by atoms with Gasteiger partial charge in [-0.3, -0.25) is 9.59 Å². The van der Waals surface area contributed by atoms with Crippen molar-refractivity contribution >= 4 is 23.2 Å². The van der Waals surface area contributed by atoms with Crippen LogP contribution in [0, 0.1) is 0 Å². The van der Waals surface area contributed by atoms with E-state index in [-0.39, 0.29) is 11.8 Å². The van der Waals surface area contributed by atoms with Crippen LogP contribution < -0.4 is 19.8 Å². The first-order valence-corrected chi connectivity index (χ1v) is 15.3. The average molecular weight is 545 g/mol. The van der Waals surface area contributed by atoms with Gasteiger partial charge in [0.15, 0.2) is 24.8 Å². The van der Waals surface area contributed by atoms with Crippen LogP contribution in [0.1, 0.15) is 112 Å². The first-order valence-electron chi connectivity index (χ1n) is 15.3. The number of carbonyl (C=O) groups excluding carboxylic acids is 2. The van der Waals surface area contributed by atoms with E-state index in [0.717, 1.165) is 24.5 Å². The van der Waals surface area contributed by atoms with Crippen molar-refractivity contribution in [2.75, 3.05) is 10.6 Å². The maximum Gasteiger partial charge on any atom is 0.255 e. The number of nitrogens with zero attached hydrogens (tertiary/aromatic N) is 2. The molecular formula is C34H48N4O2+2. The highest BCUT2D eigenvalue weighted by Gasteiger charge is 2.11. The Morgan fingerprint density at radius 1 is 0.500 bits per heavy atom. The molecular weight excluding hydrogens is 496 g/mol. The standard InChI is InChI=1S/C34H46N4O2/c1-3-5-7-9-11-13-23-37-25-19-31(20-26-37)35-33(39)29-15-17-30(18-16-29)34(40)36-32-21-27-38(28-22-32)24-14-12-10-8-6-4-2/h15-22,25-28H,3-14,23-24H2,1-2H3/p+2. The second kappa shape index (κ2) is 17.9. The number of hydrogen-bond acceptors (Lipinski definition) is 2. The second-order valence-electron chi connectivity index (χ2n) is 10.7. The first kappa shape index (κ1) is 31.0. The Balaban J connectivity index is 1.41. The number of nitrogens with one attached hydrogen (secondary N) is 2. The molecule has 0 radical (unpaired) electrons. The van der Waals surface area contributed by atoms with Crippen molar-refractivity contribution in [1.82, 2.24) is 0 Å². The van der Waals surface area contributed by atoms with Gasteiger partial charge in [-0.2, -0.15) is 0 Å². The van der Waals surface area contributed by atoms with Crippen LogP contribution in [-0.2, 0) is 13.1 Å². The smallest absolute Gasteiger partial charge is 0.255 e. The fraction of sp³-hybridized carbons (Fsp3) is 0.471. The summed E-state index contributed by atoms with van der Waals surface area (Å²) in [5.74, 6) is -0.391. The summed E-state index contributed by atoms with van der Waals surface area (Å²) in [5.41, 5.74) is 2.53. The molecule has 6 heteroatoms. The molecule has 6 nitrogen and oxygen atoms in total. The summed E-state index contributed by atoms with van der Waals surface area (Å²) < 4.78 is 4.31. The molecule has 2 amide bonds. The fourth-order valence-electron chi connectivity index (χ4n) is 4.71. The number of unbranched alkanes of at least 4 members (excludes halogenated alkanes) is 10. The van der Waals surface area contributed by atoms with Crippen LogP contribution in [0.4, 0.5) is 11.4 Å². The van der Waals surface area contributed by atoms with Gasteiger partial charge in [0.25, 0.3) is 11.8 Å². The molecule has 0 atom stereocenters. The number of aryl methyl sites for hydroxylation is 2. The van der Waals surface area contributed by atoms with Gasteiger partial charge in [-0.1, -0.05) is 65.2 Å². The van der Waals surface area contributed by atoms with Crippen LogP contribution in [0.5, 0.6) is 0 Å². The molecule has 0 saturated carbocycles. The van der Waals surface area contributed by atoms with Gasteiger partial charge in [0.1, 0.15) is 13.1 Å². The van der Waals surface area contributed by atoms with Crippen LogP contribution in [0.15, 0.2) is 73.3 Å². The molecule has 0 aliphatic rings. The van der Waals surface area contributed by atoms with E-state index in [4.69, 9.17) is 0 Å². The lowest BCUT2D eigenvalue weighted by molar-refractivity contribution is -0.697. The van der Waals surface area contributed by atoms with Gasteiger partial charge in [-0.15, -0.1) is 0 Å². The summed E-state index contributed by atoms with van der Waals surface area (Å²) in [5, 5.41) is 5.88. The van der Waals surface area contributed by atoms with Crippen LogP contribution in [0.25, 0.3) is 0 Å². The summed E-state index contributed by atoms with van der Waals surface area (Å²) in [6.45, 7) is 6.46. The third kappa shape index (κ3) is 11.3. The molecule has 40 heavy (non-hydrogen) atoms. The molecule has 0 aliphatic carbocycles. The van der Waals surface area contributed by atoms with Crippen molar-refractivity contribution in [2.24, 2.45) is 0 Å². The highest BCUT2D eigenvalue weighted by Crippen LogP contribution is 2.12. The van der Waals surface area contributed by atoms with Gasteiger partial charge in [0.05, 0.1) is 11.4 Å². The Kier molecular flexibility index (Phi) is 13.9. The Morgan fingerprint density at radius 2 is 0.825 bits per heavy atom. The van der Waals surface area contributed by atoms with E-state index in [1.165, 1.54) is 77.0 Å². The number of pyridine rings is 2. The number of carbonyl (C=O) groups is 2. The van der Waals surface area contributed by atoms with E-state index in [2.05, 4.69) is 33.6 Å². The summed E-state index contributed by atoms with van der Waals surface area (Å²) in [7, 11) is 0. The molecule has 0 bridgehead atoms. The molecule has 0 spiro atoms. The summed E-state index contributed by atoms with van der Waals surface area (Å²) in [4.78, 5) is 25.4. The second-order valence-corrected chi connectivity index (χ2v) is 10.7. The number of hydrogen-bond donors (Lipinski definition) is 2. The maximum atomic E-state index is 12.7. The molecule has 0 aliphatic heterocycles. The summed E-state index contributed by atoms with van der Waals surface area (Å²) >= 11 is 0. The molecule has 2 heterocycles. The average Bonchev–Trinajstić information content (AvgIpc) is 2.98. The van der Waals surface area contributed by atoms with E-state index in [1.807, 2.05) is 49.1 Å². The Bertz CT molecular complexity index is 1050. The maximum absolute atomic E-state index is 12.7. The SMILES string of the molecule is CCCCCCCC[n+]1ccc(NC(=O)c2ccc(C(=O)Nc3cc[n+](CCCCCCCC)cc3)cc2)cc1. The zero-order valence-electron chi connectivity index (χ0n) is 24.5. The monoisotopic (exact) mass is 544 g/mol. The van der Waals surface area contributed by atoms with E-state index in [1.54, 1.807) is 24.3 Å². The quantitative estimate of drug-likeness (QED) is 0.129. The molecule has 0 saturated heterocycles. The van der Waals surface area contributed by atoms with Crippen molar-refractivity contribution < 1.29 is 18.7 Å². The van der Waals surface area contributed by atoms with Crippen molar-refractivity contribution in [3.63, 3.8) is 0 Å². The predicted octanol–water partition coefficient (Wildman–Crippen LogP) is 7.49. The Labute approximate surface area is 240 Å². The third-order valence-corrected chi connectivity index (χ3v) is 7.25. The van der Waals surface area contributed by atoms with E-state index < -0.39 is 0 Å². The highest BCUT2D eigenvalue weighted by atomic mass is 16.2. The lowest BCUT2D eigenvalue weighted by atomic mass is 10.1. The molecule has 214 valence electrons. The molecule has 3 rings (SSSR count). The molecule has 0 fully saturated rings. The van der Waals surface area contributed by atoms with Gasteiger partial charge in [-0.25, -0.2) is 9.13 Å². The molecule has 1 aromatic carbocycles. The normalized spacial score (nSPS) is 10.8. The number of aromatic nitrogens is 2. The van der Waals surface area contributed by atoms with Crippen LogP contribution in [0.3, 0.4) is 0 Å². The van der Waals surface area contributed by atoms with Crippen molar-refractivity contribution in [3.8, 4) is 0 Å². The fourth-order valence-corrected chi connectivity index (χ4v) is 4.71. The first-order chi connectivity index (χ1) is 19.6. The van der Waals surface area contributed by atoms with Gasteiger partial charge in [0, 0.05) is 48.2 Å². The zero-order valence-corrected chi connectivity index (χ0v) is 24.5. The largest absolute Gasteiger partial charge is 0.322 e. The molecule has 2 aromatic heterocycles. The minimum Gasteiger partial charge on any atom is -0.322 e. The van der Waals surface area contributed by atoms with Crippen molar-refractivity contribution in [1.29, 1.82) is 0 Å². The van der Waals surface area contributed by atoms with Gasteiger partial charge in [-0.05, 0) is 37.1 Å². The third-order valence-electron chi connectivity index (χ3n) is 7.25.